The Morgan fingerprint density at radius 3 is 2.67 bits per heavy atom. The third kappa shape index (κ3) is 4.17. The minimum atomic E-state index is -0.977. The summed E-state index contributed by atoms with van der Waals surface area (Å²) in [6, 6.07) is 2.25. The van der Waals surface area contributed by atoms with Crippen molar-refractivity contribution in [1.29, 1.82) is 0 Å². The quantitative estimate of drug-likeness (QED) is 0.819. The van der Waals surface area contributed by atoms with E-state index in [1.165, 1.54) is 11.3 Å². The Bertz CT molecular complexity index is 570. The van der Waals surface area contributed by atoms with Crippen molar-refractivity contribution in [3.8, 4) is 0 Å². The highest BCUT2D eigenvalue weighted by Gasteiger charge is 2.33. The minimum absolute atomic E-state index is 0.0780. The molecule has 0 unspecified atom stereocenters. The van der Waals surface area contributed by atoms with Gasteiger partial charge in [-0.25, -0.2) is 4.79 Å². The topological polar surface area (TPSA) is 57.6 Å². The molecule has 5 heteroatoms. The van der Waals surface area contributed by atoms with Crippen molar-refractivity contribution in [3.05, 3.63) is 27.5 Å². The summed E-state index contributed by atoms with van der Waals surface area (Å²) in [5.74, 6) is -0.452. The van der Waals surface area contributed by atoms with Crippen LogP contribution in [0, 0.1) is 12.8 Å². The van der Waals surface area contributed by atoms with Crippen LogP contribution in [0.2, 0.25) is 0 Å². The molecule has 1 aliphatic rings. The van der Waals surface area contributed by atoms with Gasteiger partial charge >= 0.3 is 5.97 Å². The number of hydrogen-bond donors (Lipinski definition) is 1. The molecule has 114 valence electrons. The van der Waals surface area contributed by atoms with Crippen LogP contribution in [-0.4, -0.2) is 34.5 Å². The minimum Gasteiger partial charge on any atom is -0.478 e. The molecular weight excluding hydrogens is 286 g/mol. The van der Waals surface area contributed by atoms with Crippen LogP contribution in [-0.2, 0) is 4.79 Å². The van der Waals surface area contributed by atoms with Gasteiger partial charge in [-0.1, -0.05) is 13.8 Å². The number of carboxylic acids is 1. The molecule has 21 heavy (non-hydrogen) atoms. The number of thiophene rings is 1. The number of hydrogen-bond acceptors (Lipinski definition) is 3. The van der Waals surface area contributed by atoms with Crippen LogP contribution < -0.4 is 0 Å². The molecule has 0 spiro atoms. The summed E-state index contributed by atoms with van der Waals surface area (Å²) >= 11 is 1.37. The Kier molecular flexibility index (Phi) is 4.83. The van der Waals surface area contributed by atoms with Gasteiger partial charge in [-0.15, -0.1) is 11.3 Å². The first kappa shape index (κ1) is 15.8. The van der Waals surface area contributed by atoms with Gasteiger partial charge in [-0.3, -0.25) is 4.79 Å². The number of carboxylic acid groups (broad SMARTS) is 1. The number of aryl methyl sites for hydroxylation is 1. The smallest absolute Gasteiger partial charge is 0.328 e. The Morgan fingerprint density at radius 1 is 1.48 bits per heavy atom. The van der Waals surface area contributed by atoms with E-state index in [1.807, 2.05) is 17.9 Å². The van der Waals surface area contributed by atoms with E-state index in [0.717, 1.165) is 35.9 Å². The van der Waals surface area contributed by atoms with Crippen molar-refractivity contribution in [2.75, 3.05) is 6.54 Å². The molecule has 1 amide bonds. The van der Waals surface area contributed by atoms with Gasteiger partial charge in [0.2, 0.25) is 0 Å². The van der Waals surface area contributed by atoms with Crippen LogP contribution in [0.5, 0.6) is 0 Å². The van der Waals surface area contributed by atoms with E-state index < -0.39 is 5.97 Å². The van der Waals surface area contributed by atoms with E-state index in [1.54, 1.807) is 6.08 Å². The molecule has 1 heterocycles. The molecule has 0 radical (unpaired) electrons. The Labute approximate surface area is 129 Å². The third-order valence-corrected chi connectivity index (χ3v) is 4.54. The number of carbonyl (C=O) groups is 2. The Balaban J connectivity index is 2.18. The number of carbonyl (C=O) groups excluding carboxylic acids is 1. The lowest BCUT2D eigenvalue weighted by Crippen LogP contribution is -2.35. The van der Waals surface area contributed by atoms with Crippen LogP contribution in [0.4, 0.5) is 0 Å². The summed E-state index contributed by atoms with van der Waals surface area (Å²) in [6.07, 6.45) is 4.85. The fourth-order valence-electron chi connectivity index (χ4n) is 2.23. The van der Waals surface area contributed by atoms with E-state index in [4.69, 9.17) is 5.11 Å². The Hall–Kier alpha value is -1.62. The third-order valence-electron chi connectivity index (χ3n) is 3.35. The van der Waals surface area contributed by atoms with Crippen LogP contribution in [0.25, 0.3) is 6.08 Å². The van der Waals surface area contributed by atoms with Gasteiger partial charge in [0.1, 0.15) is 0 Å². The lowest BCUT2D eigenvalue weighted by molar-refractivity contribution is -0.131. The summed E-state index contributed by atoms with van der Waals surface area (Å²) in [4.78, 5) is 26.8. The van der Waals surface area contributed by atoms with Crippen molar-refractivity contribution >= 4 is 29.3 Å². The lowest BCUT2D eigenvalue weighted by Gasteiger charge is -2.23. The molecule has 1 fully saturated rings. The molecule has 0 aromatic carbocycles. The highest BCUT2D eigenvalue weighted by atomic mass is 32.1. The zero-order valence-electron chi connectivity index (χ0n) is 12.6. The van der Waals surface area contributed by atoms with Crippen LogP contribution >= 0.6 is 11.3 Å². The number of rotatable bonds is 6. The van der Waals surface area contributed by atoms with Gasteiger partial charge < -0.3 is 10.0 Å². The lowest BCUT2D eigenvalue weighted by atomic mass is 10.2. The number of amides is 1. The molecule has 1 N–H and O–H groups in total. The van der Waals surface area contributed by atoms with Crippen LogP contribution in [0.3, 0.4) is 0 Å². The van der Waals surface area contributed by atoms with E-state index in [2.05, 4.69) is 13.8 Å². The molecule has 0 atom stereocenters. The molecule has 0 aliphatic heterocycles. The second-order valence-corrected chi connectivity index (χ2v) is 7.00. The van der Waals surface area contributed by atoms with Crippen molar-refractivity contribution in [2.24, 2.45) is 5.92 Å². The van der Waals surface area contributed by atoms with Crippen molar-refractivity contribution < 1.29 is 14.7 Å². The molecule has 1 aliphatic carbocycles. The first-order valence-corrected chi connectivity index (χ1v) is 8.02. The monoisotopic (exact) mass is 307 g/mol. The van der Waals surface area contributed by atoms with Crippen molar-refractivity contribution in [1.82, 2.24) is 4.90 Å². The van der Waals surface area contributed by atoms with Gasteiger partial charge in [0.25, 0.3) is 5.91 Å². The van der Waals surface area contributed by atoms with Gasteiger partial charge in [-0.05, 0) is 43.4 Å². The zero-order valence-corrected chi connectivity index (χ0v) is 13.4. The van der Waals surface area contributed by atoms with Gasteiger partial charge in [-0.2, -0.15) is 0 Å². The highest BCUT2D eigenvalue weighted by molar-refractivity contribution is 7.15. The molecule has 0 saturated heterocycles. The number of nitrogens with zero attached hydrogens (tertiary/aromatic N) is 1. The first-order chi connectivity index (χ1) is 9.88. The van der Waals surface area contributed by atoms with E-state index in [0.29, 0.717) is 16.8 Å². The van der Waals surface area contributed by atoms with Gasteiger partial charge in [0, 0.05) is 23.5 Å². The highest BCUT2D eigenvalue weighted by Crippen LogP contribution is 2.31. The average Bonchev–Trinajstić information content (AvgIpc) is 3.16. The molecule has 0 bridgehead atoms. The second kappa shape index (κ2) is 6.43. The SMILES string of the molecule is Cc1cc(C(=O)N(CC(C)C)C2CC2)sc1/C=C/C(=O)O. The van der Waals surface area contributed by atoms with Crippen LogP contribution in [0.1, 0.15) is 46.8 Å². The Morgan fingerprint density at radius 2 is 2.14 bits per heavy atom. The predicted molar refractivity (Wildman–Crippen MR) is 84.6 cm³/mol. The van der Waals surface area contributed by atoms with E-state index in [9.17, 15) is 9.59 Å². The maximum Gasteiger partial charge on any atom is 0.328 e. The molecule has 4 nitrogen and oxygen atoms in total. The fourth-order valence-corrected chi connectivity index (χ4v) is 3.27. The molecule has 1 aromatic rings. The summed E-state index contributed by atoms with van der Waals surface area (Å²) in [5.41, 5.74) is 0.946. The molecule has 2 rings (SSSR count). The first-order valence-electron chi connectivity index (χ1n) is 7.21. The average molecular weight is 307 g/mol. The van der Waals surface area contributed by atoms with Gasteiger partial charge in [0.15, 0.2) is 0 Å². The normalized spacial score (nSPS) is 14.9. The van der Waals surface area contributed by atoms with Gasteiger partial charge in [0.05, 0.1) is 4.88 Å². The van der Waals surface area contributed by atoms with E-state index in [-0.39, 0.29) is 5.91 Å². The molecular formula is C16H21NO3S. The molecule has 1 aromatic heterocycles. The maximum absolute atomic E-state index is 12.7. The summed E-state index contributed by atoms with van der Waals surface area (Å²) < 4.78 is 0. The second-order valence-electron chi connectivity index (χ2n) is 5.91. The zero-order chi connectivity index (χ0) is 15.6. The maximum atomic E-state index is 12.7. The predicted octanol–water partition coefficient (Wildman–Crippen LogP) is 3.41. The largest absolute Gasteiger partial charge is 0.478 e. The van der Waals surface area contributed by atoms with E-state index >= 15 is 0 Å². The molecule has 1 saturated carbocycles. The van der Waals surface area contributed by atoms with Crippen molar-refractivity contribution in [3.63, 3.8) is 0 Å². The van der Waals surface area contributed by atoms with Crippen molar-refractivity contribution in [2.45, 2.75) is 39.7 Å². The summed E-state index contributed by atoms with van der Waals surface area (Å²) in [7, 11) is 0. The number of aliphatic carboxylic acids is 1. The fraction of sp³-hybridized carbons (Fsp3) is 0.500. The summed E-state index contributed by atoms with van der Waals surface area (Å²) in [5, 5.41) is 8.69. The summed E-state index contributed by atoms with van der Waals surface area (Å²) in [6.45, 7) is 6.91. The van der Waals surface area contributed by atoms with Crippen LogP contribution in [0.15, 0.2) is 12.1 Å². The standard InChI is InChI=1S/C16H21NO3S/c1-10(2)9-17(12-4-5-12)16(20)14-8-11(3)13(21-14)6-7-15(18)19/h6-8,10,12H,4-5,9H2,1-3H3,(H,18,19)/b7-6+.